The molecule has 1 atom stereocenters. The normalized spacial score (nSPS) is 15.6. The van der Waals surface area contributed by atoms with Crippen LogP contribution in [0.25, 0.3) is 10.2 Å². The Labute approximate surface area is 194 Å². The molecule has 31 heavy (non-hydrogen) atoms. The third kappa shape index (κ3) is 4.86. The van der Waals surface area contributed by atoms with Crippen molar-refractivity contribution in [2.75, 3.05) is 11.9 Å². The fourth-order valence-electron chi connectivity index (χ4n) is 3.40. The summed E-state index contributed by atoms with van der Waals surface area (Å²) in [6, 6.07) is 18.5. The Morgan fingerprint density at radius 2 is 2.03 bits per heavy atom. The van der Waals surface area contributed by atoms with Gasteiger partial charge in [0.15, 0.2) is 0 Å². The van der Waals surface area contributed by atoms with Crippen LogP contribution in [0, 0.1) is 11.8 Å². The molecule has 4 aromatic rings. The van der Waals surface area contributed by atoms with Crippen LogP contribution in [0.4, 0.5) is 11.5 Å². The van der Waals surface area contributed by atoms with Gasteiger partial charge in [0.25, 0.3) is 0 Å². The lowest BCUT2D eigenvalue weighted by Gasteiger charge is -2.09. The van der Waals surface area contributed by atoms with Crippen LogP contribution in [0.1, 0.15) is 17.7 Å². The molecule has 0 spiro atoms. The molecule has 0 saturated carbocycles. The van der Waals surface area contributed by atoms with Crippen molar-refractivity contribution in [1.82, 2.24) is 15.3 Å². The molecule has 0 aliphatic carbocycles. The molecular weight excluding hydrogens is 444 g/mol. The number of fused-ring (bicyclic) bond motifs is 1. The summed E-state index contributed by atoms with van der Waals surface area (Å²) in [7, 11) is 0. The summed E-state index contributed by atoms with van der Waals surface area (Å²) >= 11 is 9.79. The van der Waals surface area contributed by atoms with E-state index >= 15 is 0 Å². The average Bonchev–Trinajstić information content (AvgIpc) is 3.45. The van der Waals surface area contributed by atoms with Crippen molar-refractivity contribution in [1.29, 1.82) is 0 Å². The monoisotopic (exact) mass is 462 g/mol. The number of thiophene rings is 1. The number of rotatable bonds is 4. The van der Waals surface area contributed by atoms with Gasteiger partial charge in [-0.2, -0.15) is 0 Å². The van der Waals surface area contributed by atoms with Gasteiger partial charge in [-0.05, 0) is 55.8 Å². The lowest BCUT2D eigenvalue weighted by atomic mass is 10.2. The van der Waals surface area contributed by atoms with Crippen molar-refractivity contribution >= 4 is 56.4 Å². The van der Waals surface area contributed by atoms with Crippen LogP contribution in [0.5, 0.6) is 0 Å². The van der Waals surface area contributed by atoms with E-state index in [4.69, 9.17) is 11.6 Å². The molecule has 4 nitrogen and oxygen atoms in total. The maximum Gasteiger partial charge on any atom is 0.142 e. The molecule has 0 bridgehead atoms. The maximum atomic E-state index is 6.56. The second-order valence-electron chi connectivity index (χ2n) is 7.16. The van der Waals surface area contributed by atoms with Gasteiger partial charge in [0, 0.05) is 15.5 Å². The Bertz CT molecular complexity index is 1270. The molecule has 1 aliphatic rings. The lowest BCUT2D eigenvalue weighted by molar-refractivity contribution is 0.749. The van der Waals surface area contributed by atoms with Crippen LogP contribution in [-0.4, -0.2) is 22.6 Å². The van der Waals surface area contributed by atoms with Crippen molar-refractivity contribution in [3.05, 3.63) is 70.8 Å². The minimum Gasteiger partial charge on any atom is -0.340 e. The number of anilines is 2. The second kappa shape index (κ2) is 9.29. The third-order valence-corrected chi connectivity index (χ3v) is 7.39. The number of aromatic nitrogens is 2. The van der Waals surface area contributed by atoms with E-state index in [1.165, 1.54) is 6.42 Å². The second-order valence-corrected chi connectivity index (χ2v) is 9.71. The van der Waals surface area contributed by atoms with Crippen LogP contribution in [0.15, 0.2) is 70.7 Å². The summed E-state index contributed by atoms with van der Waals surface area (Å²) in [6.45, 7) is 1.05. The summed E-state index contributed by atoms with van der Waals surface area (Å²) in [4.78, 5) is 13.0. The summed E-state index contributed by atoms with van der Waals surface area (Å²) in [5.41, 5.74) is 0.886. The first-order valence-electron chi connectivity index (χ1n) is 10.0. The van der Waals surface area contributed by atoms with Crippen LogP contribution in [0.3, 0.4) is 0 Å². The number of hydrogen-bond donors (Lipinski definition) is 2. The van der Waals surface area contributed by atoms with E-state index in [-0.39, 0.29) is 0 Å². The molecule has 2 aromatic heterocycles. The van der Waals surface area contributed by atoms with Crippen molar-refractivity contribution < 1.29 is 0 Å². The molecule has 7 heteroatoms. The molecular formula is C24H19ClN4S2. The third-order valence-electron chi connectivity index (χ3n) is 4.92. The van der Waals surface area contributed by atoms with E-state index in [2.05, 4.69) is 50.6 Å². The number of nitrogens with zero attached hydrogens (tertiary/aromatic N) is 2. The Morgan fingerprint density at radius 1 is 1.13 bits per heavy atom. The fraction of sp³-hybridized carbons (Fsp3) is 0.167. The van der Waals surface area contributed by atoms with Gasteiger partial charge in [-0.3, -0.25) is 0 Å². The summed E-state index contributed by atoms with van der Waals surface area (Å²) in [5, 5.41) is 8.46. The molecule has 0 amide bonds. The molecule has 1 fully saturated rings. The van der Waals surface area contributed by atoms with Crippen LogP contribution in [-0.2, 0) is 0 Å². The Hall–Kier alpha value is -2.56. The molecule has 1 aliphatic heterocycles. The highest BCUT2D eigenvalue weighted by atomic mass is 35.5. The first-order valence-corrected chi connectivity index (χ1v) is 12.0. The van der Waals surface area contributed by atoms with Gasteiger partial charge in [-0.1, -0.05) is 53.4 Å². The Kier molecular flexibility index (Phi) is 6.10. The maximum absolute atomic E-state index is 6.56. The minimum atomic E-state index is 0.295. The summed E-state index contributed by atoms with van der Waals surface area (Å²) < 4.78 is 0. The Morgan fingerprint density at radius 3 is 2.84 bits per heavy atom. The molecule has 2 aromatic carbocycles. The van der Waals surface area contributed by atoms with Gasteiger partial charge < -0.3 is 10.6 Å². The molecule has 5 rings (SSSR count). The highest BCUT2D eigenvalue weighted by Crippen LogP contribution is 2.36. The van der Waals surface area contributed by atoms with Gasteiger partial charge in [-0.25, -0.2) is 9.97 Å². The molecule has 3 heterocycles. The van der Waals surface area contributed by atoms with Gasteiger partial charge in [0.05, 0.1) is 21.3 Å². The van der Waals surface area contributed by atoms with Gasteiger partial charge in [-0.15, -0.1) is 11.3 Å². The van der Waals surface area contributed by atoms with E-state index in [0.29, 0.717) is 11.1 Å². The SMILES string of the molecule is Clc1cc(Nc2ncnc3sc(C#CC4CCCN4)cc23)ccc1Sc1ccccc1. The summed E-state index contributed by atoms with van der Waals surface area (Å²) in [5.74, 6) is 7.37. The highest BCUT2D eigenvalue weighted by molar-refractivity contribution is 7.99. The fourth-order valence-corrected chi connectivity index (χ4v) is 5.39. The van der Waals surface area contributed by atoms with Crippen LogP contribution < -0.4 is 10.6 Å². The zero-order chi connectivity index (χ0) is 21.0. The predicted molar refractivity (Wildman–Crippen MR) is 131 cm³/mol. The molecule has 2 N–H and O–H groups in total. The van der Waals surface area contributed by atoms with E-state index in [9.17, 15) is 0 Å². The van der Waals surface area contributed by atoms with E-state index in [1.807, 2.05) is 36.4 Å². The van der Waals surface area contributed by atoms with Crippen LogP contribution >= 0.6 is 34.7 Å². The van der Waals surface area contributed by atoms with Crippen molar-refractivity contribution in [3.8, 4) is 11.8 Å². The van der Waals surface area contributed by atoms with Gasteiger partial charge in [0.2, 0.25) is 0 Å². The zero-order valence-electron chi connectivity index (χ0n) is 16.6. The first-order chi connectivity index (χ1) is 15.2. The topological polar surface area (TPSA) is 49.8 Å². The minimum absolute atomic E-state index is 0.295. The van der Waals surface area contributed by atoms with E-state index in [1.54, 1.807) is 29.4 Å². The van der Waals surface area contributed by atoms with E-state index in [0.717, 1.165) is 49.4 Å². The average molecular weight is 463 g/mol. The highest BCUT2D eigenvalue weighted by Gasteiger charge is 2.12. The number of halogens is 1. The molecule has 154 valence electrons. The number of hydrogen-bond acceptors (Lipinski definition) is 6. The van der Waals surface area contributed by atoms with Crippen molar-refractivity contribution in [3.63, 3.8) is 0 Å². The largest absolute Gasteiger partial charge is 0.340 e. The van der Waals surface area contributed by atoms with Gasteiger partial charge in [0.1, 0.15) is 17.0 Å². The van der Waals surface area contributed by atoms with Crippen molar-refractivity contribution in [2.24, 2.45) is 0 Å². The number of nitrogens with one attached hydrogen (secondary N) is 2. The summed E-state index contributed by atoms with van der Waals surface area (Å²) in [6.07, 6.45) is 3.89. The lowest BCUT2D eigenvalue weighted by Crippen LogP contribution is -2.18. The van der Waals surface area contributed by atoms with Crippen molar-refractivity contribution in [2.45, 2.75) is 28.7 Å². The number of benzene rings is 2. The smallest absolute Gasteiger partial charge is 0.142 e. The first kappa shape index (κ1) is 20.3. The predicted octanol–water partition coefficient (Wildman–Crippen LogP) is 6.34. The molecule has 0 radical (unpaired) electrons. The quantitative estimate of drug-likeness (QED) is 0.346. The standard InChI is InChI=1S/C24H19ClN4S2/c25-21-13-17(9-11-22(21)30-18-6-2-1-3-7-18)29-23-20-14-19(31-24(20)28-15-27-23)10-8-16-5-4-12-26-16/h1-3,6-7,9,11,13-16,26H,4-5,12H2,(H,27,28,29). The molecule has 1 unspecified atom stereocenters. The van der Waals surface area contributed by atoms with Gasteiger partial charge >= 0.3 is 0 Å². The van der Waals surface area contributed by atoms with Crippen LogP contribution in [0.2, 0.25) is 5.02 Å². The Balaban J connectivity index is 1.36. The zero-order valence-corrected chi connectivity index (χ0v) is 18.9. The van der Waals surface area contributed by atoms with E-state index < -0.39 is 0 Å². The molecule has 1 saturated heterocycles.